The van der Waals surface area contributed by atoms with Crippen molar-refractivity contribution >= 4 is 18.9 Å². The molecule has 0 unspecified atom stereocenters. The molecule has 0 aromatic heterocycles. The third kappa shape index (κ3) is 12.0. The molecule has 22 heavy (non-hydrogen) atoms. The van der Waals surface area contributed by atoms with Gasteiger partial charge in [-0.1, -0.05) is 49.7 Å². The highest BCUT2D eigenvalue weighted by Gasteiger charge is 2.14. The maximum atomic E-state index is 11.7. The average Bonchev–Trinajstić information content (AvgIpc) is 2.45. The zero-order valence-electron chi connectivity index (χ0n) is 14.0. The number of hydrogen-bond donors (Lipinski definition) is 0. The van der Waals surface area contributed by atoms with Crippen LogP contribution >= 0.6 is 0 Å². The second-order valence-electron chi connectivity index (χ2n) is 4.93. The molecule has 0 aliphatic heterocycles. The molecule has 0 bridgehead atoms. The summed E-state index contributed by atoms with van der Waals surface area (Å²) in [6, 6.07) is 0. The predicted molar refractivity (Wildman–Crippen MR) is 89.6 cm³/mol. The van der Waals surface area contributed by atoms with Crippen molar-refractivity contribution in [1.29, 1.82) is 0 Å². The number of ether oxygens (including phenoxy) is 1. The summed E-state index contributed by atoms with van der Waals surface area (Å²) < 4.78 is 9.74. The van der Waals surface area contributed by atoms with Gasteiger partial charge in [-0.3, -0.25) is 14.5 Å². The normalized spacial score (nSPS) is 11.7. The van der Waals surface area contributed by atoms with E-state index >= 15 is 0 Å². The van der Waals surface area contributed by atoms with Crippen LogP contribution in [0.1, 0.15) is 19.8 Å². The Labute approximate surface area is 133 Å². The van der Waals surface area contributed by atoms with Crippen LogP contribution < -0.4 is 0 Å². The van der Waals surface area contributed by atoms with Gasteiger partial charge in [-0.15, -0.1) is 0 Å². The molecular formula is C16H26BNO4. The van der Waals surface area contributed by atoms with Gasteiger partial charge in [0.15, 0.2) is 0 Å². The zero-order chi connectivity index (χ0) is 16.8. The first kappa shape index (κ1) is 20.2. The van der Waals surface area contributed by atoms with Gasteiger partial charge in [0.05, 0.1) is 20.2 Å². The molecule has 0 aromatic carbocycles. The topological polar surface area (TPSA) is 55.8 Å². The van der Waals surface area contributed by atoms with Crippen LogP contribution in [-0.4, -0.2) is 51.0 Å². The number of nitrogens with zero attached hydrogens (tertiary/aromatic N) is 1. The van der Waals surface area contributed by atoms with Gasteiger partial charge in [-0.05, 0) is 20.3 Å². The maximum absolute atomic E-state index is 11.7. The van der Waals surface area contributed by atoms with Gasteiger partial charge >= 0.3 is 18.9 Å². The lowest BCUT2D eigenvalue weighted by Crippen LogP contribution is -2.34. The molecule has 0 aliphatic rings. The van der Waals surface area contributed by atoms with Crippen LogP contribution in [0, 0.1) is 0 Å². The van der Waals surface area contributed by atoms with E-state index in [4.69, 9.17) is 4.65 Å². The first-order valence-corrected chi connectivity index (χ1v) is 7.44. The van der Waals surface area contributed by atoms with Crippen molar-refractivity contribution in [3.05, 3.63) is 36.4 Å². The van der Waals surface area contributed by atoms with Crippen LogP contribution in [0.2, 0.25) is 6.82 Å². The van der Waals surface area contributed by atoms with Gasteiger partial charge < -0.3 is 9.39 Å². The summed E-state index contributed by atoms with van der Waals surface area (Å²) in [4.78, 5) is 24.3. The van der Waals surface area contributed by atoms with Crippen molar-refractivity contribution in [3.8, 4) is 0 Å². The minimum absolute atomic E-state index is 0.0445. The monoisotopic (exact) mass is 307 g/mol. The third-order valence-electron chi connectivity index (χ3n) is 2.65. The average molecular weight is 307 g/mol. The minimum Gasteiger partial charge on any atom is -0.531 e. The fourth-order valence-electron chi connectivity index (χ4n) is 1.54. The van der Waals surface area contributed by atoms with Crippen molar-refractivity contribution < 1.29 is 19.0 Å². The largest absolute Gasteiger partial charge is 0.531 e. The van der Waals surface area contributed by atoms with Crippen molar-refractivity contribution in [2.75, 3.05) is 27.2 Å². The molecule has 0 radical (unpaired) electrons. The Morgan fingerprint density at radius 3 is 2.36 bits per heavy atom. The number of unbranched alkanes of at least 4 members (excludes halogenated alkanes) is 1. The van der Waals surface area contributed by atoms with E-state index in [9.17, 15) is 9.59 Å². The van der Waals surface area contributed by atoms with E-state index in [0.717, 1.165) is 12.8 Å². The van der Waals surface area contributed by atoms with Gasteiger partial charge in [0.25, 0.3) is 0 Å². The quantitative estimate of drug-likeness (QED) is 0.352. The smallest absolute Gasteiger partial charge is 0.384 e. The van der Waals surface area contributed by atoms with Gasteiger partial charge in [0.2, 0.25) is 0 Å². The van der Waals surface area contributed by atoms with Crippen LogP contribution in [0.4, 0.5) is 0 Å². The lowest BCUT2D eigenvalue weighted by molar-refractivity contribution is -0.142. The van der Waals surface area contributed by atoms with E-state index in [0.29, 0.717) is 0 Å². The number of rotatable bonds is 10. The van der Waals surface area contributed by atoms with Crippen LogP contribution in [-0.2, 0) is 19.0 Å². The Hall–Kier alpha value is -1.82. The molecular weight excluding hydrogens is 281 g/mol. The predicted octanol–water partition coefficient (Wildman–Crippen LogP) is 2.26. The van der Waals surface area contributed by atoms with E-state index in [2.05, 4.69) is 17.7 Å². The summed E-state index contributed by atoms with van der Waals surface area (Å²) >= 11 is 0. The van der Waals surface area contributed by atoms with Gasteiger partial charge in [0, 0.05) is 0 Å². The number of hydrogen-bond acceptors (Lipinski definition) is 5. The Morgan fingerprint density at radius 1 is 1.09 bits per heavy atom. The highest BCUT2D eigenvalue weighted by atomic mass is 16.5. The van der Waals surface area contributed by atoms with Crippen LogP contribution in [0.25, 0.3) is 0 Å². The Kier molecular flexibility index (Phi) is 11.8. The Morgan fingerprint density at radius 2 is 1.73 bits per heavy atom. The first-order chi connectivity index (χ1) is 10.5. The van der Waals surface area contributed by atoms with Crippen LogP contribution in [0.15, 0.2) is 36.4 Å². The lowest BCUT2D eigenvalue weighted by Gasteiger charge is -2.15. The third-order valence-corrected chi connectivity index (χ3v) is 2.65. The minimum atomic E-state index is -0.385. The van der Waals surface area contributed by atoms with Crippen molar-refractivity contribution in [3.63, 3.8) is 0 Å². The van der Waals surface area contributed by atoms with Crippen LogP contribution in [0.5, 0.6) is 0 Å². The molecule has 0 heterocycles. The molecule has 0 amide bonds. The molecule has 0 aliphatic carbocycles. The molecule has 0 N–H and O–H groups in total. The summed E-state index contributed by atoms with van der Waals surface area (Å²) in [5, 5.41) is 0. The van der Waals surface area contributed by atoms with E-state index in [1.165, 1.54) is 7.11 Å². The molecule has 122 valence electrons. The Balaban J connectivity index is 4.01. The number of carbonyl (C=O) groups is 2. The molecule has 5 nitrogen and oxygen atoms in total. The molecule has 0 saturated carbocycles. The fourth-order valence-corrected chi connectivity index (χ4v) is 1.54. The number of allylic oxidation sites excluding steroid dienone is 5. The van der Waals surface area contributed by atoms with E-state index < -0.39 is 0 Å². The van der Waals surface area contributed by atoms with Crippen molar-refractivity contribution in [2.45, 2.75) is 26.6 Å². The summed E-state index contributed by atoms with van der Waals surface area (Å²) in [6.07, 6.45) is 12.0. The van der Waals surface area contributed by atoms with Gasteiger partial charge in [-0.2, -0.15) is 0 Å². The zero-order valence-corrected chi connectivity index (χ0v) is 14.0. The summed E-state index contributed by atoms with van der Waals surface area (Å²) in [5.74, 6) is 1.03. The number of esters is 1. The number of methoxy groups -OCH3 is 1. The molecule has 0 saturated heterocycles. The molecule has 0 spiro atoms. The standard InChI is InChI=1S/C16H26BNO4/c1-5-6-7-8-9-10-11-12-17(2)22-16(20)14-18(3)13-15(19)21-4/h7-12H,5-6,13-14H2,1-4H3/b8-7-,10-9-,12-11+. The van der Waals surface area contributed by atoms with Gasteiger partial charge in [0.1, 0.15) is 0 Å². The lowest BCUT2D eigenvalue weighted by atomic mass is 9.71. The summed E-state index contributed by atoms with van der Waals surface area (Å²) in [6.45, 7) is 3.71. The summed E-state index contributed by atoms with van der Waals surface area (Å²) in [5.41, 5.74) is 0. The fraction of sp³-hybridized carbons (Fsp3) is 0.500. The SMILES string of the molecule is CCC\C=C/C=C\C=C\B(C)OC(=O)CN(C)CC(=O)OC. The van der Waals surface area contributed by atoms with Gasteiger partial charge in [-0.25, -0.2) is 0 Å². The highest BCUT2D eigenvalue weighted by molar-refractivity contribution is 6.58. The second kappa shape index (κ2) is 12.9. The van der Waals surface area contributed by atoms with E-state index in [1.807, 2.05) is 24.3 Å². The number of carbonyl (C=O) groups excluding carboxylic acids is 2. The molecule has 0 atom stereocenters. The van der Waals surface area contributed by atoms with Crippen LogP contribution in [0.3, 0.4) is 0 Å². The van der Waals surface area contributed by atoms with E-state index in [-0.39, 0.29) is 31.9 Å². The maximum Gasteiger partial charge on any atom is 0.384 e. The molecule has 0 rings (SSSR count). The first-order valence-electron chi connectivity index (χ1n) is 7.44. The summed E-state index contributed by atoms with van der Waals surface area (Å²) in [7, 11) is 2.97. The van der Waals surface area contributed by atoms with Crippen molar-refractivity contribution in [1.82, 2.24) is 4.90 Å². The second-order valence-corrected chi connectivity index (χ2v) is 4.93. The Bertz CT molecular complexity index is 418. The molecule has 0 aromatic rings. The molecule has 0 fully saturated rings. The van der Waals surface area contributed by atoms with E-state index in [1.54, 1.807) is 24.7 Å². The highest BCUT2D eigenvalue weighted by Crippen LogP contribution is 1.94. The number of likely N-dealkylation sites (N-methyl/N-ethyl adjacent to an activating group) is 1. The molecule has 6 heteroatoms. The van der Waals surface area contributed by atoms with Crippen molar-refractivity contribution in [2.24, 2.45) is 0 Å².